The number of carbonyl (C=O) groups is 3. The summed E-state index contributed by atoms with van der Waals surface area (Å²) in [5.41, 5.74) is 4.50. The molecule has 6 rings (SSSR count). The van der Waals surface area contributed by atoms with Gasteiger partial charge in [-0.2, -0.15) is 0 Å². The van der Waals surface area contributed by atoms with Crippen molar-refractivity contribution in [1.29, 1.82) is 0 Å². The summed E-state index contributed by atoms with van der Waals surface area (Å²) in [7, 11) is 3.11. The molecule has 2 atom stereocenters. The summed E-state index contributed by atoms with van der Waals surface area (Å²) in [6.07, 6.45) is 2.23. The zero-order chi connectivity index (χ0) is 33.8. The van der Waals surface area contributed by atoms with Crippen molar-refractivity contribution in [3.63, 3.8) is 0 Å². The second kappa shape index (κ2) is 14.3. The van der Waals surface area contributed by atoms with Crippen LogP contribution in [0.2, 0.25) is 0 Å². The third-order valence-corrected chi connectivity index (χ3v) is 9.45. The third-order valence-electron chi connectivity index (χ3n) is 9.45. The second-order valence-electron chi connectivity index (χ2n) is 12.1. The third kappa shape index (κ3) is 6.37. The first-order valence-corrected chi connectivity index (χ1v) is 16.3. The number of amides is 3. The van der Waals surface area contributed by atoms with Gasteiger partial charge in [-0.05, 0) is 62.1 Å². The van der Waals surface area contributed by atoms with E-state index in [1.54, 1.807) is 39.3 Å². The number of methoxy groups -OCH3 is 2. The Labute approximate surface area is 280 Å². The quantitative estimate of drug-likeness (QED) is 0.158. The summed E-state index contributed by atoms with van der Waals surface area (Å²) in [5.74, 6) is 0.0876. The minimum atomic E-state index is -0.608. The molecule has 0 radical (unpaired) electrons. The molecule has 11 heteroatoms. The van der Waals surface area contributed by atoms with Crippen LogP contribution in [0.5, 0.6) is 11.5 Å². The fourth-order valence-electron chi connectivity index (χ4n) is 6.73. The van der Waals surface area contributed by atoms with Gasteiger partial charge in [0.1, 0.15) is 11.8 Å². The molecule has 0 aliphatic carbocycles. The van der Waals surface area contributed by atoms with E-state index in [-0.39, 0.29) is 23.8 Å². The molecule has 3 heterocycles. The maximum Gasteiger partial charge on any atom is 0.264 e. The van der Waals surface area contributed by atoms with Gasteiger partial charge in [0.05, 0.1) is 42.8 Å². The molecule has 1 fully saturated rings. The van der Waals surface area contributed by atoms with Crippen LogP contribution in [0.3, 0.4) is 0 Å². The predicted octanol–water partition coefficient (Wildman–Crippen LogP) is 5.43. The number of imide groups is 1. The number of benzene rings is 3. The van der Waals surface area contributed by atoms with Gasteiger partial charge in [0.2, 0.25) is 0 Å². The van der Waals surface area contributed by atoms with E-state index in [1.807, 2.05) is 24.3 Å². The number of hydrogen-bond acceptors (Lipinski definition) is 9. The van der Waals surface area contributed by atoms with Crippen molar-refractivity contribution in [2.75, 3.05) is 51.8 Å². The summed E-state index contributed by atoms with van der Waals surface area (Å²) in [6, 6.07) is 21.1. The van der Waals surface area contributed by atoms with Gasteiger partial charge >= 0.3 is 0 Å². The van der Waals surface area contributed by atoms with E-state index in [2.05, 4.69) is 51.5 Å². The zero-order valence-electron chi connectivity index (χ0n) is 27.8. The Morgan fingerprint density at radius 3 is 2.35 bits per heavy atom. The SMILES string of the molecule is COc1ccc([C@@H](CCCNC(=O)c2conc2C)N2C(=O)c3cccc(N4CCN([C@H](C)c5ccccc5)CC4)c3C2=O)cc1OC. The molecule has 3 amide bonds. The molecular formula is C37H41N5O6. The van der Waals surface area contributed by atoms with Crippen molar-refractivity contribution in [2.45, 2.75) is 38.8 Å². The van der Waals surface area contributed by atoms with Gasteiger partial charge in [-0.25, -0.2) is 0 Å². The van der Waals surface area contributed by atoms with Gasteiger partial charge in [-0.15, -0.1) is 0 Å². The minimum absolute atomic E-state index is 0.279. The van der Waals surface area contributed by atoms with Gasteiger partial charge in [0, 0.05) is 38.8 Å². The number of aryl methyl sites for hydroxylation is 1. The standard InChI is InChI=1S/C37H41N5O6/c1-24-29(23-48-39-24)35(43)38-17-9-14-30(27-15-16-32(46-3)33(22-27)47-4)42-36(44)28-12-8-13-31(34(28)37(42)45)41-20-18-40(19-21-41)25(2)26-10-6-5-7-11-26/h5-8,10-13,15-16,22-23,25,30H,9,14,17-21H2,1-4H3,(H,38,43)/t25-,30-/m1/s1. The molecular weight excluding hydrogens is 610 g/mol. The first kappa shape index (κ1) is 32.8. The Kier molecular flexibility index (Phi) is 9.77. The number of ether oxygens (including phenoxy) is 2. The highest BCUT2D eigenvalue weighted by atomic mass is 16.5. The van der Waals surface area contributed by atoms with Crippen LogP contribution in [0.25, 0.3) is 0 Å². The van der Waals surface area contributed by atoms with E-state index >= 15 is 0 Å². The molecule has 1 aromatic heterocycles. The molecule has 0 spiro atoms. The molecule has 4 aromatic rings. The Morgan fingerprint density at radius 1 is 0.917 bits per heavy atom. The van der Waals surface area contributed by atoms with Gasteiger partial charge < -0.3 is 24.2 Å². The lowest BCUT2D eigenvalue weighted by atomic mass is 9.99. The Morgan fingerprint density at radius 2 is 1.67 bits per heavy atom. The van der Waals surface area contributed by atoms with Crippen LogP contribution >= 0.6 is 0 Å². The summed E-state index contributed by atoms with van der Waals surface area (Å²) in [6.45, 7) is 7.39. The summed E-state index contributed by atoms with van der Waals surface area (Å²) in [4.78, 5) is 47.2. The summed E-state index contributed by atoms with van der Waals surface area (Å²) < 4.78 is 15.9. The smallest absolute Gasteiger partial charge is 0.264 e. The monoisotopic (exact) mass is 651 g/mol. The van der Waals surface area contributed by atoms with E-state index < -0.39 is 6.04 Å². The molecule has 11 nitrogen and oxygen atoms in total. The van der Waals surface area contributed by atoms with Crippen molar-refractivity contribution in [1.82, 2.24) is 20.3 Å². The van der Waals surface area contributed by atoms with Crippen LogP contribution in [-0.4, -0.2) is 79.6 Å². The van der Waals surface area contributed by atoms with Crippen molar-refractivity contribution in [3.8, 4) is 11.5 Å². The number of rotatable bonds is 12. The van der Waals surface area contributed by atoms with Crippen LogP contribution in [0.15, 0.2) is 77.5 Å². The highest BCUT2D eigenvalue weighted by Crippen LogP contribution is 2.40. The van der Waals surface area contributed by atoms with E-state index in [4.69, 9.17) is 14.0 Å². The van der Waals surface area contributed by atoms with Crippen LogP contribution in [-0.2, 0) is 0 Å². The maximum atomic E-state index is 14.4. The lowest BCUT2D eigenvalue weighted by Gasteiger charge is -2.39. The van der Waals surface area contributed by atoms with Crippen molar-refractivity contribution in [3.05, 3.63) is 107 Å². The largest absolute Gasteiger partial charge is 0.493 e. The van der Waals surface area contributed by atoms with Gasteiger partial charge in [-0.3, -0.25) is 24.2 Å². The predicted molar refractivity (Wildman–Crippen MR) is 181 cm³/mol. The molecule has 0 unspecified atom stereocenters. The van der Waals surface area contributed by atoms with E-state index in [9.17, 15) is 14.4 Å². The lowest BCUT2D eigenvalue weighted by molar-refractivity contribution is 0.0570. The molecule has 0 saturated carbocycles. The van der Waals surface area contributed by atoms with Crippen LogP contribution in [0, 0.1) is 6.92 Å². The number of nitrogens with zero attached hydrogens (tertiary/aromatic N) is 4. The molecule has 2 aliphatic rings. The normalized spacial score (nSPS) is 16.1. The maximum absolute atomic E-state index is 14.4. The van der Waals surface area contributed by atoms with Gasteiger partial charge in [0.25, 0.3) is 17.7 Å². The molecule has 1 saturated heterocycles. The van der Waals surface area contributed by atoms with Crippen molar-refractivity contribution >= 4 is 23.4 Å². The van der Waals surface area contributed by atoms with Crippen LogP contribution in [0.1, 0.15) is 79.7 Å². The first-order valence-electron chi connectivity index (χ1n) is 16.3. The van der Waals surface area contributed by atoms with E-state index in [1.165, 1.54) is 16.7 Å². The molecule has 0 bridgehead atoms. The average Bonchev–Trinajstić information content (AvgIpc) is 3.67. The molecule has 48 heavy (non-hydrogen) atoms. The summed E-state index contributed by atoms with van der Waals surface area (Å²) in [5, 5.41) is 6.67. The summed E-state index contributed by atoms with van der Waals surface area (Å²) >= 11 is 0. The van der Waals surface area contributed by atoms with E-state index in [0.29, 0.717) is 53.3 Å². The number of fused-ring (bicyclic) bond motifs is 1. The Bertz CT molecular complexity index is 1780. The topological polar surface area (TPSA) is 117 Å². The average molecular weight is 652 g/mol. The molecule has 3 aromatic carbocycles. The van der Waals surface area contributed by atoms with Gasteiger partial charge in [0.15, 0.2) is 11.5 Å². The highest BCUT2D eigenvalue weighted by Gasteiger charge is 2.43. The number of nitrogens with one attached hydrogen (secondary N) is 1. The fraction of sp³-hybridized carbons (Fsp3) is 0.351. The zero-order valence-corrected chi connectivity index (χ0v) is 27.8. The number of anilines is 1. The lowest BCUT2D eigenvalue weighted by Crippen LogP contribution is -2.47. The molecule has 250 valence electrons. The Balaban J connectivity index is 1.23. The fourth-order valence-corrected chi connectivity index (χ4v) is 6.73. The number of hydrogen-bond donors (Lipinski definition) is 1. The van der Waals surface area contributed by atoms with Gasteiger partial charge in [-0.1, -0.05) is 47.6 Å². The Hall–Kier alpha value is -5.16. The minimum Gasteiger partial charge on any atom is -0.493 e. The second-order valence-corrected chi connectivity index (χ2v) is 12.1. The van der Waals surface area contributed by atoms with Crippen molar-refractivity contribution < 1.29 is 28.4 Å². The number of carbonyl (C=O) groups excluding carboxylic acids is 3. The van der Waals surface area contributed by atoms with E-state index in [0.717, 1.165) is 37.4 Å². The molecule has 2 aliphatic heterocycles. The van der Waals surface area contributed by atoms with Crippen LogP contribution < -0.4 is 19.7 Å². The number of piperazine rings is 1. The molecule has 1 N–H and O–H groups in total. The van der Waals surface area contributed by atoms with Crippen molar-refractivity contribution in [2.24, 2.45) is 0 Å². The van der Waals surface area contributed by atoms with Crippen LogP contribution in [0.4, 0.5) is 5.69 Å². The first-order chi connectivity index (χ1) is 23.3. The highest BCUT2D eigenvalue weighted by molar-refractivity contribution is 6.24. The number of aromatic nitrogens is 1.